The summed E-state index contributed by atoms with van der Waals surface area (Å²) < 4.78 is 56.6. The molecule has 0 fully saturated rings. The predicted octanol–water partition coefficient (Wildman–Crippen LogP) is 5.59. The molecule has 4 aromatic heterocycles. The van der Waals surface area contributed by atoms with Crippen molar-refractivity contribution in [1.29, 1.82) is 0 Å². The van der Waals surface area contributed by atoms with Crippen molar-refractivity contribution in [3.8, 4) is 0 Å². The number of sulfone groups is 2. The lowest BCUT2D eigenvalue weighted by atomic mass is 9.85. The van der Waals surface area contributed by atoms with Crippen molar-refractivity contribution >= 4 is 30.7 Å². The molecule has 0 radical (unpaired) electrons. The van der Waals surface area contributed by atoms with Crippen LogP contribution in [0.4, 0.5) is 0 Å². The number of rotatable bonds is 6. The van der Waals surface area contributed by atoms with Crippen LogP contribution in [0.25, 0.3) is 11.0 Å². The number of aryl methyl sites for hydroxylation is 2. The molecule has 0 atom stereocenters. The molecule has 6 aromatic rings. The van der Waals surface area contributed by atoms with Crippen molar-refractivity contribution in [3.05, 3.63) is 120 Å². The van der Waals surface area contributed by atoms with Gasteiger partial charge in [-0.3, -0.25) is 0 Å². The number of aromatic nitrogens is 4. The summed E-state index contributed by atoms with van der Waals surface area (Å²) in [7, 11) is -7.54. The Morgan fingerprint density at radius 2 is 0.927 bits per heavy atom. The van der Waals surface area contributed by atoms with Crippen LogP contribution < -0.4 is 0 Å². The third kappa shape index (κ3) is 4.43. The van der Waals surface area contributed by atoms with Gasteiger partial charge in [0.05, 0.1) is 9.79 Å². The Balaban J connectivity index is 1.37. The van der Waals surface area contributed by atoms with E-state index in [1.807, 2.05) is 60.8 Å². The van der Waals surface area contributed by atoms with Crippen LogP contribution in [0.3, 0.4) is 0 Å². The molecule has 0 spiro atoms. The van der Waals surface area contributed by atoms with Gasteiger partial charge in [-0.25, -0.2) is 26.8 Å². The second-order valence-corrected chi connectivity index (χ2v) is 14.5. The lowest BCUT2D eigenvalue weighted by Crippen LogP contribution is -2.23. The molecule has 0 unspecified atom stereocenters. The van der Waals surface area contributed by atoms with Crippen molar-refractivity contribution in [1.82, 2.24) is 18.8 Å². The number of hydrogen-bond acceptors (Lipinski definition) is 6. The molecular formula is C31H28N4O4S2. The zero-order valence-electron chi connectivity index (χ0n) is 23.0. The monoisotopic (exact) mass is 584 g/mol. The summed E-state index contributed by atoms with van der Waals surface area (Å²) >= 11 is 0. The first-order chi connectivity index (χ1) is 19.4. The Kier molecular flexibility index (Phi) is 6.16. The van der Waals surface area contributed by atoms with Crippen molar-refractivity contribution in [2.24, 2.45) is 0 Å². The van der Waals surface area contributed by atoms with Crippen molar-refractivity contribution in [2.45, 2.75) is 53.0 Å². The Hall–Kier alpha value is -4.28. The van der Waals surface area contributed by atoms with E-state index >= 15 is 0 Å². The first-order valence-electron chi connectivity index (χ1n) is 13.0. The van der Waals surface area contributed by atoms with Gasteiger partial charge in [0, 0.05) is 27.8 Å². The summed E-state index contributed by atoms with van der Waals surface area (Å²) in [4.78, 5) is 9.05. The van der Waals surface area contributed by atoms with Crippen molar-refractivity contribution in [3.63, 3.8) is 0 Å². The van der Waals surface area contributed by atoms with E-state index in [-0.39, 0.29) is 19.8 Å². The number of benzene rings is 2. The Morgan fingerprint density at radius 1 is 0.561 bits per heavy atom. The van der Waals surface area contributed by atoms with Gasteiger partial charge in [-0.05, 0) is 88.4 Å². The van der Waals surface area contributed by atoms with Gasteiger partial charge < -0.3 is 8.80 Å². The molecule has 208 valence electrons. The van der Waals surface area contributed by atoms with Gasteiger partial charge in [-0.1, -0.05) is 35.4 Å². The largest absolute Gasteiger partial charge is 0.304 e. The second kappa shape index (κ2) is 9.39. The summed E-state index contributed by atoms with van der Waals surface area (Å²) in [5.74, 6) is 0. The molecule has 10 heteroatoms. The molecule has 0 N–H and O–H groups in total. The molecule has 2 aromatic carbocycles. The summed E-state index contributed by atoms with van der Waals surface area (Å²) in [5, 5.41) is -0.0353. The van der Waals surface area contributed by atoms with Gasteiger partial charge in [0.1, 0.15) is 12.7 Å². The maximum absolute atomic E-state index is 13.2. The van der Waals surface area contributed by atoms with E-state index in [1.54, 1.807) is 60.7 Å². The molecule has 6 rings (SSSR count). The molecule has 4 heterocycles. The fourth-order valence-corrected chi connectivity index (χ4v) is 7.49. The molecule has 0 aliphatic heterocycles. The van der Waals surface area contributed by atoms with Crippen LogP contribution in [0.2, 0.25) is 0 Å². The van der Waals surface area contributed by atoms with Gasteiger partial charge in [0.2, 0.25) is 19.7 Å². The van der Waals surface area contributed by atoms with E-state index in [2.05, 4.69) is 9.97 Å². The molecule has 0 bridgehead atoms. The highest BCUT2D eigenvalue weighted by molar-refractivity contribution is 7.91. The number of fused-ring (bicyclic) bond motifs is 2. The standard InChI is InChI=1S/C31H28N4O4S2/c1-21-5-11-25(12-6-21)40(36,37)29-17-23-9-15-27(34(23)19-32-29)31(3,4)28-16-10-24-18-30(33-20-35(24)28)41(38,39)26-13-7-22(2)8-14-26/h5-20H,1-4H3. The van der Waals surface area contributed by atoms with E-state index < -0.39 is 25.1 Å². The first kappa shape index (κ1) is 26.9. The second-order valence-electron chi connectivity index (χ2n) is 10.7. The average molecular weight is 585 g/mol. The normalized spacial score (nSPS) is 12.8. The maximum atomic E-state index is 13.2. The topological polar surface area (TPSA) is 103 Å². The average Bonchev–Trinajstić information content (AvgIpc) is 3.58. The van der Waals surface area contributed by atoms with E-state index in [4.69, 9.17) is 0 Å². The molecular weight excluding hydrogens is 556 g/mol. The van der Waals surface area contributed by atoms with E-state index in [1.165, 1.54) is 12.7 Å². The summed E-state index contributed by atoms with van der Waals surface area (Å²) in [6.07, 6.45) is 3.07. The minimum atomic E-state index is -3.77. The molecule has 8 nitrogen and oxygen atoms in total. The lowest BCUT2D eigenvalue weighted by molar-refractivity contribution is 0.577. The third-order valence-corrected chi connectivity index (χ3v) is 10.9. The minimum absolute atomic E-state index is 0.0176. The highest BCUT2D eigenvalue weighted by Gasteiger charge is 2.30. The van der Waals surface area contributed by atoms with E-state index in [9.17, 15) is 16.8 Å². The fraction of sp³-hybridized carbons (Fsp3) is 0.161. The van der Waals surface area contributed by atoms with Gasteiger partial charge in [-0.2, -0.15) is 0 Å². The van der Waals surface area contributed by atoms with Gasteiger partial charge in [-0.15, -0.1) is 0 Å². The molecule has 0 saturated heterocycles. The fourth-order valence-electron chi connectivity index (χ4n) is 5.10. The van der Waals surface area contributed by atoms with Gasteiger partial charge in [0.15, 0.2) is 10.1 Å². The molecule has 0 aliphatic rings. The molecule has 0 aliphatic carbocycles. The molecule has 0 saturated carbocycles. The molecule has 0 amide bonds. The van der Waals surface area contributed by atoms with Crippen LogP contribution in [0.5, 0.6) is 0 Å². The van der Waals surface area contributed by atoms with Crippen molar-refractivity contribution < 1.29 is 16.8 Å². The number of hydrogen-bond donors (Lipinski definition) is 0. The van der Waals surface area contributed by atoms with Gasteiger partial charge in [0.25, 0.3) is 0 Å². The van der Waals surface area contributed by atoms with Crippen LogP contribution in [0, 0.1) is 13.8 Å². The Morgan fingerprint density at radius 3 is 1.29 bits per heavy atom. The minimum Gasteiger partial charge on any atom is -0.304 e. The predicted molar refractivity (Wildman–Crippen MR) is 156 cm³/mol. The van der Waals surface area contributed by atoms with E-state index in [0.29, 0.717) is 11.0 Å². The van der Waals surface area contributed by atoms with Crippen LogP contribution >= 0.6 is 0 Å². The lowest BCUT2D eigenvalue weighted by Gasteiger charge is -2.25. The quantitative estimate of drug-likeness (QED) is 0.237. The Labute approximate surface area is 238 Å². The SMILES string of the molecule is Cc1ccc(S(=O)(=O)c2cc3ccc(C(C)(C)c4ccc5cc(S(=O)(=O)c6ccc(C)cc6)ncn45)n3cn2)cc1. The van der Waals surface area contributed by atoms with Crippen LogP contribution in [0.1, 0.15) is 36.4 Å². The van der Waals surface area contributed by atoms with Crippen LogP contribution in [-0.4, -0.2) is 35.6 Å². The van der Waals surface area contributed by atoms with Crippen molar-refractivity contribution in [2.75, 3.05) is 0 Å². The number of nitrogens with zero attached hydrogens (tertiary/aromatic N) is 4. The molecule has 41 heavy (non-hydrogen) atoms. The van der Waals surface area contributed by atoms with Gasteiger partial charge >= 0.3 is 0 Å². The Bertz CT molecular complexity index is 2000. The zero-order valence-corrected chi connectivity index (χ0v) is 24.6. The van der Waals surface area contributed by atoms with Crippen LogP contribution in [-0.2, 0) is 25.1 Å². The zero-order chi connectivity index (χ0) is 29.2. The summed E-state index contributed by atoms with van der Waals surface area (Å²) in [6.45, 7) is 7.90. The summed E-state index contributed by atoms with van der Waals surface area (Å²) in [5.41, 5.74) is 4.53. The van der Waals surface area contributed by atoms with Crippen LogP contribution in [0.15, 0.2) is 117 Å². The highest BCUT2D eigenvalue weighted by atomic mass is 32.2. The maximum Gasteiger partial charge on any atom is 0.223 e. The highest BCUT2D eigenvalue weighted by Crippen LogP contribution is 2.35. The summed E-state index contributed by atoms with van der Waals surface area (Å²) in [6, 6.07) is 24.2. The third-order valence-electron chi connectivity index (χ3n) is 7.54. The smallest absolute Gasteiger partial charge is 0.223 e. The first-order valence-corrected chi connectivity index (χ1v) is 15.9. The van der Waals surface area contributed by atoms with E-state index in [0.717, 1.165) is 22.5 Å².